The fourth-order valence-corrected chi connectivity index (χ4v) is 5.24. The molecule has 0 aliphatic carbocycles. The molecular weight excluding hydrogens is 409 g/mol. The second-order valence-electron chi connectivity index (χ2n) is 8.25. The van der Waals surface area contributed by atoms with E-state index in [1.807, 2.05) is 18.0 Å². The van der Waals surface area contributed by atoms with Gasteiger partial charge < -0.3 is 10.1 Å². The van der Waals surface area contributed by atoms with Crippen LogP contribution in [-0.2, 0) is 10.3 Å². The van der Waals surface area contributed by atoms with Gasteiger partial charge in [0.05, 0.1) is 13.0 Å². The molecule has 3 atom stereocenters. The summed E-state index contributed by atoms with van der Waals surface area (Å²) in [7, 11) is 3.41. The van der Waals surface area contributed by atoms with Gasteiger partial charge in [-0.05, 0) is 55.1 Å². The van der Waals surface area contributed by atoms with Crippen molar-refractivity contribution in [1.82, 2.24) is 9.88 Å². The first kappa shape index (κ1) is 20.3. The van der Waals surface area contributed by atoms with Crippen LogP contribution in [0.1, 0.15) is 27.4 Å². The van der Waals surface area contributed by atoms with E-state index in [2.05, 4.69) is 10.3 Å². The third-order valence-corrected chi connectivity index (χ3v) is 6.68. The van der Waals surface area contributed by atoms with E-state index in [-0.39, 0.29) is 23.4 Å². The van der Waals surface area contributed by atoms with Crippen molar-refractivity contribution in [2.24, 2.45) is 5.92 Å². The molecule has 0 bridgehead atoms. The SMILES string of the molecule is COc1ccc2c(c1)[C@]1(C(=O)N2)[C@H](C(=O)c2cccnc2)[C@H](c2ccc(F)cc2)CN1C. The lowest BCUT2D eigenvalue weighted by Gasteiger charge is -2.35. The summed E-state index contributed by atoms with van der Waals surface area (Å²) >= 11 is 0. The van der Waals surface area contributed by atoms with Crippen LogP contribution in [0.2, 0.25) is 0 Å². The van der Waals surface area contributed by atoms with Crippen LogP contribution in [-0.4, -0.2) is 42.3 Å². The van der Waals surface area contributed by atoms with E-state index < -0.39 is 11.5 Å². The highest BCUT2D eigenvalue weighted by molar-refractivity contribution is 6.12. The molecule has 1 saturated heterocycles. The number of nitrogens with zero attached hydrogens (tertiary/aromatic N) is 2. The van der Waals surface area contributed by atoms with Gasteiger partial charge in [0.2, 0.25) is 5.91 Å². The molecule has 1 N–H and O–H groups in total. The smallest absolute Gasteiger partial charge is 0.250 e. The Morgan fingerprint density at radius 2 is 2.00 bits per heavy atom. The Morgan fingerprint density at radius 3 is 2.69 bits per heavy atom. The number of amides is 1. The maximum atomic E-state index is 14.0. The molecule has 2 aliphatic rings. The first-order valence-corrected chi connectivity index (χ1v) is 10.4. The van der Waals surface area contributed by atoms with Crippen molar-refractivity contribution < 1.29 is 18.7 Å². The van der Waals surface area contributed by atoms with Crippen LogP contribution in [0.5, 0.6) is 5.75 Å². The zero-order valence-corrected chi connectivity index (χ0v) is 17.7. The Balaban J connectivity index is 1.74. The highest BCUT2D eigenvalue weighted by Crippen LogP contribution is 2.56. The Morgan fingerprint density at radius 1 is 1.22 bits per heavy atom. The quantitative estimate of drug-likeness (QED) is 0.639. The van der Waals surface area contributed by atoms with E-state index in [0.717, 1.165) is 5.56 Å². The number of ketones is 1. The number of Topliss-reactive ketones (excluding diaryl/α,β-unsaturated/α-hetero) is 1. The van der Waals surface area contributed by atoms with E-state index in [1.54, 1.807) is 49.7 Å². The Labute approximate surface area is 185 Å². The second-order valence-corrected chi connectivity index (χ2v) is 8.25. The summed E-state index contributed by atoms with van der Waals surface area (Å²) in [6.07, 6.45) is 3.13. The Kier molecular flexibility index (Phi) is 4.78. The fourth-order valence-electron chi connectivity index (χ4n) is 5.24. The summed E-state index contributed by atoms with van der Waals surface area (Å²) in [6, 6.07) is 15.0. The lowest BCUT2D eigenvalue weighted by molar-refractivity contribution is -0.126. The molecule has 1 spiro atoms. The molecule has 2 aliphatic heterocycles. The van der Waals surface area contributed by atoms with Crippen LogP contribution in [0.15, 0.2) is 67.0 Å². The lowest BCUT2D eigenvalue weighted by atomic mass is 9.70. The number of likely N-dealkylation sites (N-methyl/N-ethyl adjacent to an activating group) is 1. The minimum Gasteiger partial charge on any atom is -0.497 e. The number of anilines is 1. The van der Waals surface area contributed by atoms with Gasteiger partial charge in [-0.3, -0.25) is 19.5 Å². The summed E-state index contributed by atoms with van der Waals surface area (Å²) < 4.78 is 19.1. The Hall–Kier alpha value is -3.58. The van der Waals surface area contributed by atoms with Crippen LogP contribution in [0.4, 0.5) is 10.1 Å². The average Bonchev–Trinajstić information content (AvgIpc) is 3.29. The highest BCUT2D eigenvalue weighted by Gasteiger charge is 2.64. The van der Waals surface area contributed by atoms with Crippen LogP contribution in [0.25, 0.3) is 0 Å². The van der Waals surface area contributed by atoms with Crippen LogP contribution < -0.4 is 10.1 Å². The molecule has 6 nitrogen and oxygen atoms in total. The van der Waals surface area contributed by atoms with Crippen molar-refractivity contribution in [1.29, 1.82) is 0 Å². The van der Waals surface area contributed by atoms with Gasteiger partial charge in [-0.25, -0.2) is 4.39 Å². The maximum absolute atomic E-state index is 14.0. The minimum absolute atomic E-state index is 0.178. The average molecular weight is 431 g/mol. The number of ether oxygens (including phenoxy) is 1. The van der Waals surface area contributed by atoms with Gasteiger partial charge in [0.25, 0.3) is 0 Å². The maximum Gasteiger partial charge on any atom is 0.250 e. The highest BCUT2D eigenvalue weighted by atomic mass is 19.1. The molecule has 1 amide bonds. The molecule has 5 rings (SSSR count). The van der Waals surface area contributed by atoms with Crippen LogP contribution in [0, 0.1) is 11.7 Å². The van der Waals surface area contributed by atoms with E-state index in [4.69, 9.17) is 4.74 Å². The summed E-state index contributed by atoms with van der Waals surface area (Å²) in [5.41, 5.74) is 1.38. The number of carbonyl (C=O) groups is 2. The van der Waals surface area contributed by atoms with Crippen molar-refractivity contribution in [3.05, 3.63) is 89.5 Å². The summed E-state index contributed by atoms with van der Waals surface area (Å²) in [5, 5.41) is 2.97. The van der Waals surface area contributed by atoms with Crippen molar-refractivity contribution in [2.75, 3.05) is 26.0 Å². The van der Waals surface area contributed by atoms with Crippen molar-refractivity contribution in [2.45, 2.75) is 11.5 Å². The van der Waals surface area contributed by atoms with E-state index in [0.29, 0.717) is 29.1 Å². The molecule has 0 saturated carbocycles. The minimum atomic E-state index is -1.23. The van der Waals surface area contributed by atoms with E-state index >= 15 is 0 Å². The van der Waals surface area contributed by atoms with Crippen LogP contribution in [0.3, 0.4) is 0 Å². The Bertz CT molecular complexity index is 1200. The number of rotatable bonds is 4. The number of fused-ring (bicyclic) bond motifs is 2. The fraction of sp³-hybridized carbons (Fsp3) is 0.240. The largest absolute Gasteiger partial charge is 0.497 e. The molecule has 2 aromatic carbocycles. The van der Waals surface area contributed by atoms with E-state index in [9.17, 15) is 14.0 Å². The molecule has 162 valence electrons. The van der Waals surface area contributed by atoms with Gasteiger partial charge in [0.1, 0.15) is 17.1 Å². The molecular formula is C25H22FN3O3. The third kappa shape index (κ3) is 2.85. The standard InChI is InChI=1S/C25H22FN3O3/c1-29-14-19(15-5-7-17(26)8-6-15)22(23(30)16-4-3-11-27-13-16)25(29)20-12-18(32-2)9-10-21(20)28-24(25)31/h3-13,19,22H,14H2,1-2H3,(H,28,31)/t19-,22-,25+/m0/s1. The van der Waals surface area contributed by atoms with Crippen molar-refractivity contribution in [3.63, 3.8) is 0 Å². The number of pyridine rings is 1. The molecule has 0 radical (unpaired) electrons. The van der Waals surface area contributed by atoms with Gasteiger partial charge in [0, 0.05) is 41.7 Å². The molecule has 7 heteroatoms. The topological polar surface area (TPSA) is 71.5 Å². The molecule has 1 aromatic heterocycles. The van der Waals surface area contributed by atoms with Crippen LogP contribution >= 0.6 is 0 Å². The molecule has 1 fully saturated rings. The number of nitrogens with one attached hydrogen (secondary N) is 1. The number of aromatic nitrogens is 1. The number of hydrogen-bond donors (Lipinski definition) is 1. The number of benzene rings is 2. The first-order valence-electron chi connectivity index (χ1n) is 10.4. The lowest BCUT2D eigenvalue weighted by Crippen LogP contribution is -2.51. The van der Waals surface area contributed by atoms with Gasteiger partial charge in [-0.2, -0.15) is 0 Å². The molecule has 3 aromatic rings. The number of hydrogen-bond acceptors (Lipinski definition) is 5. The van der Waals surface area contributed by atoms with Gasteiger partial charge in [-0.1, -0.05) is 12.1 Å². The number of methoxy groups -OCH3 is 1. The summed E-state index contributed by atoms with van der Waals surface area (Å²) in [6.45, 7) is 0.451. The normalized spacial score (nSPS) is 24.4. The van der Waals surface area contributed by atoms with Gasteiger partial charge in [-0.15, -0.1) is 0 Å². The number of halogens is 1. The first-order chi connectivity index (χ1) is 15.5. The predicted molar refractivity (Wildman–Crippen MR) is 117 cm³/mol. The molecule has 3 heterocycles. The monoisotopic (exact) mass is 431 g/mol. The zero-order valence-electron chi connectivity index (χ0n) is 17.7. The van der Waals surface area contributed by atoms with Crippen molar-refractivity contribution in [3.8, 4) is 5.75 Å². The van der Waals surface area contributed by atoms with E-state index in [1.165, 1.54) is 18.3 Å². The van der Waals surface area contributed by atoms with Gasteiger partial charge in [0.15, 0.2) is 5.78 Å². The zero-order chi connectivity index (χ0) is 22.5. The number of carbonyl (C=O) groups excluding carboxylic acids is 2. The predicted octanol–water partition coefficient (Wildman–Crippen LogP) is 3.61. The molecule has 0 unspecified atom stereocenters. The third-order valence-electron chi connectivity index (χ3n) is 6.68. The second kappa shape index (κ2) is 7.53. The summed E-state index contributed by atoms with van der Waals surface area (Å²) in [5.74, 6) is -1.24. The molecule has 32 heavy (non-hydrogen) atoms. The number of likely N-dealkylation sites (tertiary alicyclic amines) is 1. The summed E-state index contributed by atoms with van der Waals surface area (Å²) in [4.78, 5) is 33.6. The van der Waals surface area contributed by atoms with Crippen molar-refractivity contribution >= 4 is 17.4 Å². The van der Waals surface area contributed by atoms with Gasteiger partial charge >= 0.3 is 0 Å².